The van der Waals surface area contributed by atoms with Crippen LogP contribution in [0.5, 0.6) is 0 Å². The Bertz CT molecular complexity index is 1140. The first-order chi connectivity index (χ1) is 14.7. The van der Waals surface area contributed by atoms with Gasteiger partial charge in [0.1, 0.15) is 12.1 Å². The van der Waals surface area contributed by atoms with Gasteiger partial charge >= 0.3 is 0 Å². The fraction of sp³-hybridized carbons (Fsp3) is 0.174. The van der Waals surface area contributed by atoms with Crippen molar-refractivity contribution >= 4 is 35.5 Å². The number of morpholine rings is 1. The van der Waals surface area contributed by atoms with Gasteiger partial charge in [-0.25, -0.2) is 4.98 Å². The van der Waals surface area contributed by atoms with Gasteiger partial charge in [0.15, 0.2) is 0 Å². The summed E-state index contributed by atoms with van der Waals surface area (Å²) >= 11 is 1.52. The van der Waals surface area contributed by atoms with Crippen LogP contribution in [-0.2, 0) is 4.74 Å². The summed E-state index contributed by atoms with van der Waals surface area (Å²) < 4.78 is 5.43. The maximum absolute atomic E-state index is 12.9. The molecule has 0 aliphatic carbocycles. The van der Waals surface area contributed by atoms with Crippen LogP contribution >= 0.6 is 11.8 Å². The Morgan fingerprint density at radius 1 is 1.00 bits per heavy atom. The van der Waals surface area contributed by atoms with Gasteiger partial charge in [0.25, 0.3) is 5.91 Å². The molecule has 1 aromatic heterocycles. The lowest BCUT2D eigenvalue weighted by Crippen LogP contribution is -2.36. The van der Waals surface area contributed by atoms with E-state index in [1.165, 1.54) is 11.8 Å². The minimum absolute atomic E-state index is 0.177. The molecule has 5 rings (SSSR count). The number of nitrogens with one attached hydrogen (secondary N) is 1. The van der Waals surface area contributed by atoms with E-state index in [0.29, 0.717) is 30.0 Å². The van der Waals surface area contributed by atoms with Gasteiger partial charge in [0, 0.05) is 34.6 Å². The van der Waals surface area contributed by atoms with E-state index in [-0.39, 0.29) is 5.91 Å². The standard InChI is InChI=1S/C23H19N3O3S/c27-14-15-1-3-21-19(11-15)25-23(28)18-12-16(2-4-20(18)30-21)17-5-6-24-22(13-17)26-7-9-29-10-8-26/h1-6,11-14H,7-10H2,(H,25,28). The van der Waals surface area contributed by atoms with Crippen molar-refractivity contribution < 1.29 is 14.3 Å². The molecular formula is C23H19N3O3S. The molecule has 0 unspecified atom stereocenters. The molecule has 1 amide bonds. The number of carbonyl (C=O) groups excluding carboxylic acids is 2. The fourth-order valence-corrected chi connectivity index (χ4v) is 4.65. The van der Waals surface area contributed by atoms with Crippen LogP contribution in [0.1, 0.15) is 20.7 Å². The highest BCUT2D eigenvalue weighted by atomic mass is 32.2. The summed E-state index contributed by atoms with van der Waals surface area (Å²) in [4.78, 5) is 32.5. The first-order valence-electron chi connectivity index (χ1n) is 9.73. The number of benzene rings is 2. The third-order valence-electron chi connectivity index (χ3n) is 5.25. The zero-order valence-electron chi connectivity index (χ0n) is 16.1. The van der Waals surface area contributed by atoms with E-state index >= 15 is 0 Å². The second kappa shape index (κ2) is 7.93. The topological polar surface area (TPSA) is 71.5 Å². The molecule has 1 saturated heterocycles. The van der Waals surface area contributed by atoms with Crippen molar-refractivity contribution in [2.45, 2.75) is 9.79 Å². The number of amides is 1. The zero-order chi connectivity index (χ0) is 20.5. The van der Waals surface area contributed by atoms with Crippen LogP contribution in [0.2, 0.25) is 0 Å². The molecule has 30 heavy (non-hydrogen) atoms. The second-order valence-electron chi connectivity index (χ2n) is 7.14. The lowest BCUT2D eigenvalue weighted by molar-refractivity contribution is 0.102. The Morgan fingerprint density at radius 3 is 2.63 bits per heavy atom. The first-order valence-corrected chi connectivity index (χ1v) is 10.5. The highest BCUT2D eigenvalue weighted by Gasteiger charge is 2.21. The SMILES string of the molecule is O=Cc1ccc2c(c1)NC(=O)c1cc(-c3ccnc(N4CCOCC4)c3)ccc1S2. The van der Waals surface area contributed by atoms with Crippen molar-refractivity contribution in [3.8, 4) is 11.1 Å². The van der Waals surface area contributed by atoms with Crippen molar-refractivity contribution in [3.63, 3.8) is 0 Å². The molecular weight excluding hydrogens is 398 g/mol. The van der Waals surface area contributed by atoms with Crippen LogP contribution in [0.3, 0.4) is 0 Å². The number of ether oxygens (including phenoxy) is 1. The van der Waals surface area contributed by atoms with E-state index in [0.717, 1.165) is 46.1 Å². The summed E-state index contributed by atoms with van der Waals surface area (Å²) in [5, 5.41) is 2.94. The Labute approximate surface area is 178 Å². The van der Waals surface area contributed by atoms with Crippen LogP contribution in [0.15, 0.2) is 64.5 Å². The number of aromatic nitrogens is 1. The normalized spacial score (nSPS) is 15.6. The molecule has 0 saturated carbocycles. The molecule has 0 radical (unpaired) electrons. The zero-order valence-corrected chi connectivity index (χ0v) is 16.9. The minimum atomic E-state index is -0.177. The van der Waals surface area contributed by atoms with E-state index in [4.69, 9.17) is 4.74 Å². The predicted octanol–water partition coefficient (Wildman–Crippen LogP) is 4.11. The molecule has 6 nitrogen and oxygen atoms in total. The van der Waals surface area contributed by atoms with Gasteiger partial charge in [-0.3, -0.25) is 9.59 Å². The molecule has 2 aromatic carbocycles. The highest BCUT2D eigenvalue weighted by molar-refractivity contribution is 7.99. The number of aldehydes is 1. The molecule has 2 aliphatic heterocycles. The third-order valence-corrected chi connectivity index (χ3v) is 6.40. The van der Waals surface area contributed by atoms with Gasteiger partial charge in [-0.2, -0.15) is 0 Å². The molecule has 1 fully saturated rings. The second-order valence-corrected chi connectivity index (χ2v) is 8.23. The Morgan fingerprint density at radius 2 is 1.80 bits per heavy atom. The van der Waals surface area contributed by atoms with Gasteiger partial charge in [-0.1, -0.05) is 23.9 Å². The molecule has 0 atom stereocenters. The van der Waals surface area contributed by atoms with Crippen molar-refractivity contribution in [1.29, 1.82) is 0 Å². The number of rotatable bonds is 3. The van der Waals surface area contributed by atoms with E-state index in [1.54, 1.807) is 18.3 Å². The summed E-state index contributed by atoms with van der Waals surface area (Å²) in [6.45, 7) is 3.05. The van der Waals surface area contributed by atoms with Gasteiger partial charge < -0.3 is 15.0 Å². The maximum atomic E-state index is 12.9. The number of hydrogen-bond donors (Lipinski definition) is 1. The quantitative estimate of drug-likeness (QED) is 0.647. The summed E-state index contributed by atoms with van der Waals surface area (Å²) in [5.41, 5.74) is 3.78. The molecule has 150 valence electrons. The molecule has 0 spiro atoms. The summed E-state index contributed by atoms with van der Waals surface area (Å²) in [5.74, 6) is 0.738. The van der Waals surface area contributed by atoms with Gasteiger partial charge in [0.05, 0.1) is 24.5 Å². The van der Waals surface area contributed by atoms with E-state index in [1.807, 2.05) is 30.3 Å². The van der Waals surface area contributed by atoms with Gasteiger partial charge in [-0.15, -0.1) is 0 Å². The van der Waals surface area contributed by atoms with E-state index < -0.39 is 0 Å². The first kappa shape index (κ1) is 18.8. The number of pyridine rings is 1. The van der Waals surface area contributed by atoms with Crippen molar-refractivity contribution in [2.75, 3.05) is 36.5 Å². The lowest BCUT2D eigenvalue weighted by Gasteiger charge is -2.28. The highest BCUT2D eigenvalue weighted by Crippen LogP contribution is 2.40. The Hall–Kier alpha value is -3.16. The number of nitrogens with zero attached hydrogens (tertiary/aromatic N) is 2. The number of hydrogen-bond acceptors (Lipinski definition) is 6. The van der Waals surface area contributed by atoms with Crippen molar-refractivity contribution in [1.82, 2.24) is 4.98 Å². The van der Waals surface area contributed by atoms with Gasteiger partial charge in [-0.05, 0) is 47.5 Å². The summed E-state index contributed by atoms with van der Waals surface area (Å²) in [6.07, 6.45) is 2.58. The number of anilines is 2. The average Bonchev–Trinajstić information content (AvgIpc) is 2.94. The third kappa shape index (κ3) is 3.58. The van der Waals surface area contributed by atoms with Crippen LogP contribution in [0.4, 0.5) is 11.5 Å². The van der Waals surface area contributed by atoms with Crippen LogP contribution in [-0.4, -0.2) is 43.5 Å². The predicted molar refractivity (Wildman–Crippen MR) is 117 cm³/mol. The van der Waals surface area contributed by atoms with Crippen molar-refractivity contribution in [3.05, 3.63) is 65.9 Å². The average molecular weight is 417 g/mol. The molecule has 7 heteroatoms. The minimum Gasteiger partial charge on any atom is -0.378 e. The lowest BCUT2D eigenvalue weighted by atomic mass is 10.0. The summed E-state index contributed by atoms with van der Waals surface area (Å²) in [7, 11) is 0. The Balaban J connectivity index is 1.49. The van der Waals surface area contributed by atoms with Gasteiger partial charge in [0.2, 0.25) is 0 Å². The molecule has 2 aliphatic rings. The maximum Gasteiger partial charge on any atom is 0.256 e. The number of fused-ring (bicyclic) bond motifs is 2. The largest absolute Gasteiger partial charge is 0.378 e. The van der Waals surface area contributed by atoms with Crippen LogP contribution in [0, 0.1) is 0 Å². The van der Waals surface area contributed by atoms with Crippen molar-refractivity contribution in [2.24, 2.45) is 0 Å². The molecule has 0 bridgehead atoms. The molecule has 3 heterocycles. The summed E-state index contributed by atoms with van der Waals surface area (Å²) in [6, 6.07) is 15.3. The smallest absolute Gasteiger partial charge is 0.256 e. The monoisotopic (exact) mass is 417 g/mol. The Kier molecular flexibility index (Phi) is 4.98. The van der Waals surface area contributed by atoms with E-state index in [2.05, 4.69) is 21.3 Å². The van der Waals surface area contributed by atoms with Crippen LogP contribution in [0.25, 0.3) is 11.1 Å². The molecule has 1 N–H and O–H groups in total. The fourth-order valence-electron chi connectivity index (χ4n) is 3.66. The number of carbonyl (C=O) groups is 2. The van der Waals surface area contributed by atoms with Crippen LogP contribution < -0.4 is 10.2 Å². The van der Waals surface area contributed by atoms with E-state index in [9.17, 15) is 9.59 Å². The molecule has 3 aromatic rings.